The largest absolute Gasteiger partial charge is 0.417 e. The molecule has 0 fully saturated rings. The normalized spacial score (nSPS) is 12.6. The zero-order valence-electron chi connectivity index (χ0n) is 11.5. The van der Waals surface area contributed by atoms with Crippen LogP contribution in [0.4, 0.5) is 19.1 Å². The summed E-state index contributed by atoms with van der Waals surface area (Å²) >= 11 is 0. The van der Waals surface area contributed by atoms with E-state index in [4.69, 9.17) is 0 Å². The van der Waals surface area contributed by atoms with E-state index in [0.29, 0.717) is 6.07 Å². The first-order valence-electron chi connectivity index (χ1n) is 6.10. The van der Waals surface area contributed by atoms with Crippen LogP contribution in [0.15, 0.2) is 29.2 Å². The van der Waals surface area contributed by atoms with Crippen LogP contribution in [0.1, 0.15) is 25.5 Å². The predicted octanol–water partition coefficient (Wildman–Crippen LogP) is 2.07. The number of nitrogens with one attached hydrogen (secondary N) is 1. The van der Waals surface area contributed by atoms with Crippen LogP contribution in [0.5, 0.6) is 0 Å². The fraction of sp³-hybridized carbons (Fsp3) is 0.364. The average molecular weight is 335 g/mol. The summed E-state index contributed by atoms with van der Waals surface area (Å²) in [6, 6.07) is 3.68. The molecular formula is C11H12F3N5O2S. The molecule has 0 aliphatic heterocycles. The molecule has 2 rings (SSSR count). The van der Waals surface area contributed by atoms with Crippen molar-refractivity contribution in [1.82, 2.24) is 20.2 Å². The number of hydrogen-bond acceptors (Lipinski definition) is 5. The molecule has 1 aromatic carbocycles. The standard InChI is InChI=1S/C11H12F3N5O2S/c1-7(2)19-16-10(15-18-19)17-22(20,21)9-6-4-3-5-8(9)11(12,13)14/h3-7H,1-2H3,(H,16,17). The van der Waals surface area contributed by atoms with Crippen LogP contribution in [0.3, 0.4) is 0 Å². The maximum absolute atomic E-state index is 12.9. The molecule has 120 valence electrons. The van der Waals surface area contributed by atoms with E-state index in [9.17, 15) is 21.6 Å². The van der Waals surface area contributed by atoms with Gasteiger partial charge in [0.15, 0.2) is 0 Å². The molecule has 2 aromatic rings. The van der Waals surface area contributed by atoms with E-state index in [-0.39, 0.29) is 6.04 Å². The third-order valence-corrected chi connectivity index (χ3v) is 3.98. The van der Waals surface area contributed by atoms with Crippen molar-refractivity contribution in [2.24, 2.45) is 0 Å². The molecule has 0 atom stereocenters. The number of sulfonamides is 1. The molecule has 1 N–H and O–H groups in total. The second-order valence-corrected chi connectivity index (χ2v) is 6.28. The molecule has 7 nitrogen and oxygen atoms in total. The molecule has 11 heteroatoms. The first-order chi connectivity index (χ1) is 10.1. The maximum Gasteiger partial charge on any atom is 0.417 e. The lowest BCUT2D eigenvalue weighted by molar-refractivity contribution is -0.139. The van der Waals surface area contributed by atoms with Gasteiger partial charge >= 0.3 is 6.18 Å². The Morgan fingerprint density at radius 1 is 1.23 bits per heavy atom. The monoisotopic (exact) mass is 335 g/mol. The van der Waals surface area contributed by atoms with Crippen LogP contribution in [-0.2, 0) is 16.2 Å². The van der Waals surface area contributed by atoms with E-state index < -0.39 is 32.6 Å². The Morgan fingerprint density at radius 3 is 2.41 bits per heavy atom. The number of aromatic nitrogens is 4. The molecular weight excluding hydrogens is 323 g/mol. The minimum absolute atomic E-state index is 0.173. The number of anilines is 1. The van der Waals surface area contributed by atoms with Crippen LogP contribution in [0, 0.1) is 0 Å². The molecule has 0 aliphatic carbocycles. The molecule has 1 heterocycles. The SMILES string of the molecule is CC(C)n1nnc(NS(=O)(=O)c2ccccc2C(F)(F)F)n1. The predicted molar refractivity (Wildman–Crippen MR) is 70.5 cm³/mol. The van der Waals surface area contributed by atoms with Crippen LogP contribution in [-0.4, -0.2) is 28.6 Å². The van der Waals surface area contributed by atoms with Gasteiger partial charge in [-0.15, -0.1) is 5.10 Å². The van der Waals surface area contributed by atoms with Gasteiger partial charge in [0, 0.05) is 0 Å². The highest BCUT2D eigenvalue weighted by atomic mass is 32.2. The Balaban J connectivity index is 2.39. The van der Waals surface area contributed by atoms with E-state index in [1.807, 2.05) is 4.72 Å². The van der Waals surface area contributed by atoms with Gasteiger partial charge in [-0.05, 0) is 31.2 Å². The van der Waals surface area contributed by atoms with Gasteiger partial charge in [-0.1, -0.05) is 17.2 Å². The summed E-state index contributed by atoms with van der Waals surface area (Å²) in [7, 11) is -4.49. The molecule has 0 amide bonds. The minimum atomic E-state index is -4.80. The van der Waals surface area contributed by atoms with Crippen molar-refractivity contribution in [2.75, 3.05) is 4.72 Å². The van der Waals surface area contributed by atoms with Gasteiger partial charge < -0.3 is 0 Å². The number of benzene rings is 1. The molecule has 0 saturated carbocycles. The van der Waals surface area contributed by atoms with Gasteiger partial charge in [-0.3, -0.25) is 0 Å². The summed E-state index contributed by atoms with van der Waals surface area (Å²) in [6.45, 7) is 3.47. The number of halogens is 3. The van der Waals surface area contributed by atoms with Crippen molar-refractivity contribution in [3.8, 4) is 0 Å². The molecule has 0 spiro atoms. The average Bonchev–Trinajstić information content (AvgIpc) is 2.86. The Kier molecular flexibility index (Phi) is 4.09. The van der Waals surface area contributed by atoms with Gasteiger partial charge in [-0.25, -0.2) is 13.1 Å². The Labute approximate surface area is 124 Å². The van der Waals surface area contributed by atoms with E-state index in [1.165, 1.54) is 6.07 Å². The Bertz CT molecular complexity index is 770. The van der Waals surface area contributed by atoms with Crippen molar-refractivity contribution in [1.29, 1.82) is 0 Å². The first-order valence-corrected chi connectivity index (χ1v) is 7.58. The van der Waals surface area contributed by atoms with Crippen LogP contribution in [0.25, 0.3) is 0 Å². The molecule has 0 bridgehead atoms. The van der Waals surface area contributed by atoms with Crippen LogP contribution < -0.4 is 4.72 Å². The van der Waals surface area contributed by atoms with Gasteiger partial charge in [0.1, 0.15) is 0 Å². The van der Waals surface area contributed by atoms with Crippen molar-refractivity contribution < 1.29 is 21.6 Å². The van der Waals surface area contributed by atoms with E-state index in [1.54, 1.807) is 13.8 Å². The van der Waals surface area contributed by atoms with Crippen molar-refractivity contribution in [3.63, 3.8) is 0 Å². The maximum atomic E-state index is 12.9. The molecule has 0 unspecified atom stereocenters. The van der Waals surface area contributed by atoms with Crippen LogP contribution >= 0.6 is 0 Å². The number of alkyl halides is 3. The summed E-state index contributed by atoms with van der Waals surface area (Å²) in [6.07, 6.45) is -4.80. The van der Waals surface area contributed by atoms with Crippen molar-refractivity contribution in [2.45, 2.75) is 31.0 Å². The number of hydrogen-bond donors (Lipinski definition) is 1. The second-order valence-electron chi connectivity index (χ2n) is 4.63. The lowest BCUT2D eigenvalue weighted by Gasteiger charge is -2.12. The summed E-state index contributed by atoms with van der Waals surface area (Å²) in [5, 5.41) is 10.8. The molecule has 0 radical (unpaired) electrons. The third kappa shape index (κ3) is 3.35. The van der Waals surface area contributed by atoms with Gasteiger partial charge in [0.2, 0.25) is 0 Å². The van der Waals surface area contributed by atoms with Crippen molar-refractivity contribution >= 4 is 16.0 Å². The topological polar surface area (TPSA) is 89.8 Å². The lowest BCUT2D eigenvalue weighted by Crippen LogP contribution is -2.19. The second kappa shape index (κ2) is 5.55. The number of rotatable bonds is 4. The summed E-state index contributed by atoms with van der Waals surface area (Å²) in [5.74, 6) is -0.398. The summed E-state index contributed by atoms with van der Waals surface area (Å²) in [5.41, 5.74) is -1.27. The number of nitrogens with zero attached hydrogens (tertiary/aromatic N) is 4. The Morgan fingerprint density at radius 2 is 1.86 bits per heavy atom. The third-order valence-electron chi connectivity index (χ3n) is 2.60. The highest BCUT2D eigenvalue weighted by Crippen LogP contribution is 2.34. The molecule has 0 aliphatic rings. The molecule has 22 heavy (non-hydrogen) atoms. The van der Waals surface area contributed by atoms with E-state index in [0.717, 1.165) is 16.9 Å². The van der Waals surface area contributed by atoms with E-state index in [2.05, 4.69) is 15.4 Å². The summed E-state index contributed by atoms with van der Waals surface area (Å²) in [4.78, 5) is 0.233. The van der Waals surface area contributed by atoms with Crippen molar-refractivity contribution in [3.05, 3.63) is 29.8 Å². The highest BCUT2D eigenvalue weighted by Gasteiger charge is 2.37. The van der Waals surface area contributed by atoms with Gasteiger partial charge in [0.25, 0.3) is 16.0 Å². The quantitative estimate of drug-likeness (QED) is 0.924. The highest BCUT2D eigenvalue weighted by molar-refractivity contribution is 7.92. The molecule has 1 aromatic heterocycles. The number of tetrazole rings is 1. The van der Waals surface area contributed by atoms with Gasteiger partial charge in [0.05, 0.1) is 16.5 Å². The van der Waals surface area contributed by atoms with E-state index >= 15 is 0 Å². The minimum Gasteiger partial charge on any atom is -0.245 e. The molecule has 0 saturated heterocycles. The Hall–Kier alpha value is -2.17. The summed E-state index contributed by atoms with van der Waals surface area (Å²) < 4.78 is 64.8. The zero-order chi connectivity index (χ0) is 16.5. The fourth-order valence-electron chi connectivity index (χ4n) is 1.60. The lowest BCUT2D eigenvalue weighted by atomic mass is 10.2. The van der Waals surface area contributed by atoms with Crippen LogP contribution in [0.2, 0.25) is 0 Å². The van der Waals surface area contributed by atoms with Gasteiger partial charge in [-0.2, -0.15) is 18.0 Å². The smallest absolute Gasteiger partial charge is 0.245 e. The fourth-order valence-corrected chi connectivity index (χ4v) is 2.76. The zero-order valence-corrected chi connectivity index (χ0v) is 12.4. The first kappa shape index (κ1) is 16.2.